The first-order valence-electron chi connectivity index (χ1n) is 15.2. The number of ether oxygens (including phenoxy) is 2. The van der Waals surface area contributed by atoms with Crippen molar-refractivity contribution < 1.29 is 34.1 Å². The van der Waals surface area contributed by atoms with Crippen molar-refractivity contribution in [3.63, 3.8) is 0 Å². The van der Waals surface area contributed by atoms with E-state index in [1.54, 1.807) is 0 Å². The van der Waals surface area contributed by atoms with Crippen molar-refractivity contribution in [3.05, 3.63) is 95.1 Å². The molecule has 43 heavy (non-hydrogen) atoms. The van der Waals surface area contributed by atoms with Crippen molar-refractivity contribution in [1.82, 2.24) is 5.32 Å². The topological polar surface area (TPSA) is 122 Å². The number of carboxylic acids is 2. The predicted molar refractivity (Wildman–Crippen MR) is 164 cm³/mol. The number of hydrogen-bond acceptors (Lipinski definition) is 5. The second-order valence-electron chi connectivity index (χ2n) is 11.1. The van der Waals surface area contributed by atoms with Gasteiger partial charge in [-0.15, -0.1) is 0 Å². The van der Waals surface area contributed by atoms with Crippen LogP contribution in [0.3, 0.4) is 0 Å². The summed E-state index contributed by atoms with van der Waals surface area (Å²) < 4.78 is 11.8. The van der Waals surface area contributed by atoms with E-state index in [4.69, 9.17) is 9.47 Å². The highest BCUT2D eigenvalue weighted by atomic mass is 16.5. The molecule has 228 valence electrons. The van der Waals surface area contributed by atoms with Gasteiger partial charge in [0, 0.05) is 6.04 Å². The number of hydrogen-bond donors (Lipinski definition) is 3. The summed E-state index contributed by atoms with van der Waals surface area (Å²) in [6, 6.07) is 22.3. The van der Waals surface area contributed by atoms with Crippen molar-refractivity contribution in [1.29, 1.82) is 0 Å². The Balaban J connectivity index is 1.26. The second kappa shape index (κ2) is 16.3. The fourth-order valence-electron chi connectivity index (χ4n) is 5.57. The molecule has 0 saturated heterocycles. The van der Waals surface area contributed by atoms with Crippen LogP contribution >= 0.6 is 0 Å². The number of carbonyl (C=O) groups is 3. The van der Waals surface area contributed by atoms with Gasteiger partial charge in [0.15, 0.2) is 0 Å². The average molecular weight is 588 g/mol. The molecule has 8 nitrogen and oxygen atoms in total. The second-order valence-corrected chi connectivity index (χ2v) is 11.1. The maximum Gasteiger partial charge on any atom is 0.335 e. The molecule has 0 aliphatic heterocycles. The fraction of sp³-hybridized carbons (Fsp3) is 0.400. The Labute approximate surface area is 253 Å². The molecule has 3 N–H and O–H groups in total. The lowest BCUT2D eigenvalue weighted by molar-refractivity contribution is -0.143. The summed E-state index contributed by atoms with van der Waals surface area (Å²) in [4.78, 5) is 36.2. The summed E-state index contributed by atoms with van der Waals surface area (Å²) in [5.74, 6) is -1.71. The third-order valence-electron chi connectivity index (χ3n) is 7.90. The molecular formula is C35H41NO7. The number of aryl methyl sites for hydroxylation is 2. The molecule has 1 amide bonds. The molecule has 3 aromatic rings. The van der Waals surface area contributed by atoms with Crippen LogP contribution in [0, 0.1) is 5.92 Å². The van der Waals surface area contributed by atoms with Gasteiger partial charge >= 0.3 is 11.9 Å². The smallest absolute Gasteiger partial charge is 0.335 e. The highest BCUT2D eigenvalue weighted by Crippen LogP contribution is 2.26. The lowest BCUT2D eigenvalue weighted by Gasteiger charge is -2.27. The van der Waals surface area contributed by atoms with E-state index >= 15 is 0 Å². The van der Waals surface area contributed by atoms with E-state index in [0.717, 1.165) is 44.3 Å². The number of para-hydroxylation sites is 1. The SMILES string of the molecule is O=C(O)c1ccc(OCCCc2ccccc2CCCCCOc2ccccc2)c(C(=O)NC2CCCC(C(=O)O)C2)c1. The van der Waals surface area contributed by atoms with Crippen LogP contribution in [-0.4, -0.2) is 47.3 Å². The van der Waals surface area contributed by atoms with Gasteiger partial charge in [-0.25, -0.2) is 4.79 Å². The number of amides is 1. The Bertz CT molecular complexity index is 1360. The molecule has 2 atom stereocenters. The minimum Gasteiger partial charge on any atom is -0.494 e. The van der Waals surface area contributed by atoms with E-state index in [-0.39, 0.29) is 17.2 Å². The van der Waals surface area contributed by atoms with E-state index in [1.807, 2.05) is 36.4 Å². The van der Waals surface area contributed by atoms with Crippen LogP contribution in [0.2, 0.25) is 0 Å². The first-order valence-corrected chi connectivity index (χ1v) is 15.2. The summed E-state index contributed by atoms with van der Waals surface area (Å²) in [7, 11) is 0. The fourth-order valence-corrected chi connectivity index (χ4v) is 5.57. The van der Waals surface area contributed by atoms with E-state index in [2.05, 4.69) is 23.5 Å². The summed E-state index contributed by atoms with van der Waals surface area (Å²) in [6.45, 7) is 1.07. The van der Waals surface area contributed by atoms with E-state index in [9.17, 15) is 24.6 Å². The lowest BCUT2D eigenvalue weighted by Crippen LogP contribution is -2.40. The third-order valence-corrected chi connectivity index (χ3v) is 7.90. The van der Waals surface area contributed by atoms with Crippen LogP contribution in [0.4, 0.5) is 0 Å². The molecule has 1 fully saturated rings. The molecule has 8 heteroatoms. The van der Waals surface area contributed by atoms with Crippen molar-refractivity contribution in [3.8, 4) is 11.5 Å². The van der Waals surface area contributed by atoms with Gasteiger partial charge in [-0.2, -0.15) is 0 Å². The van der Waals surface area contributed by atoms with Crippen molar-refractivity contribution in [2.45, 2.75) is 70.3 Å². The summed E-state index contributed by atoms with van der Waals surface area (Å²) in [5, 5.41) is 21.8. The van der Waals surface area contributed by atoms with Gasteiger partial charge in [-0.1, -0.05) is 48.9 Å². The summed E-state index contributed by atoms with van der Waals surface area (Å²) in [6.07, 6.45) is 8.06. The van der Waals surface area contributed by atoms with Crippen molar-refractivity contribution in [2.24, 2.45) is 5.92 Å². The predicted octanol–water partition coefficient (Wildman–Crippen LogP) is 6.56. The maximum absolute atomic E-state index is 13.2. The average Bonchev–Trinajstić information content (AvgIpc) is 3.02. The van der Waals surface area contributed by atoms with Crippen LogP contribution in [0.1, 0.15) is 83.2 Å². The Morgan fingerprint density at radius 2 is 1.47 bits per heavy atom. The molecule has 4 rings (SSSR count). The lowest BCUT2D eigenvalue weighted by atomic mass is 9.85. The van der Waals surface area contributed by atoms with Gasteiger partial charge < -0.3 is 25.0 Å². The molecule has 0 radical (unpaired) electrons. The number of aromatic carboxylic acids is 1. The molecule has 1 aliphatic rings. The number of rotatable bonds is 16. The highest BCUT2D eigenvalue weighted by molar-refractivity contribution is 6.00. The molecule has 0 aromatic heterocycles. The van der Waals surface area contributed by atoms with Crippen molar-refractivity contribution >= 4 is 17.8 Å². The summed E-state index contributed by atoms with van der Waals surface area (Å²) in [5.41, 5.74) is 2.74. The highest BCUT2D eigenvalue weighted by Gasteiger charge is 2.29. The number of benzene rings is 3. The van der Waals surface area contributed by atoms with Crippen molar-refractivity contribution in [2.75, 3.05) is 13.2 Å². The zero-order chi connectivity index (χ0) is 30.4. The van der Waals surface area contributed by atoms with Gasteiger partial charge in [0.25, 0.3) is 5.91 Å². The largest absolute Gasteiger partial charge is 0.494 e. The van der Waals surface area contributed by atoms with Gasteiger partial charge in [0.05, 0.1) is 30.3 Å². The third kappa shape index (κ3) is 9.87. The first-order chi connectivity index (χ1) is 20.9. The van der Waals surface area contributed by atoms with Crippen LogP contribution in [0.15, 0.2) is 72.8 Å². The number of carboxylic acid groups (broad SMARTS) is 2. The molecular weight excluding hydrogens is 546 g/mol. The molecule has 0 heterocycles. The van der Waals surface area contributed by atoms with Gasteiger partial charge in [0.2, 0.25) is 0 Å². The minimum atomic E-state index is -1.13. The maximum atomic E-state index is 13.2. The zero-order valence-electron chi connectivity index (χ0n) is 24.5. The zero-order valence-corrected chi connectivity index (χ0v) is 24.5. The number of aliphatic carboxylic acids is 1. The van der Waals surface area contributed by atoms with E-state index in [1.165, 1.54) is 29.3 Å². The summed E-state index contributed by atoms with van der Waals surface area (Å²) >= 11 is 0. The van der Waals surface area contributed by atoms with Crippen LogP contribution in [0.25, 0.3) is 0 Å². The molecule has 1 saturated carbocycles. The quantitative estimate of drug-likeness (QED) is 0.162. The molecule has 0 spiro atoms. The molecule has 1 aliphatic carbocycles. The molecule has 0 bridgehead atoms. The minimum absolute atomic E-state index is 0.00916. The van der Waals surface area contributed by atoms with Crippen LogP contribution < -0.4 is 14.8 Å². The first kappa shape index (κ1) is 31.6. The Morgan fingerprint density at radius 3 is 2.19 bits per heavy atom. The number of unbranched alkanes of at least 4 members (excludes halogenated alkanes) is 2. The Hall–Kier alpha value is -4.33. The Kier molecular flexibility index (Phi) is 12.0. The van der Waals surface area contributed by atoms with Crippen LogP contribution in [-0.2, 0) is 17.6 Å². The van der Waals surface area contributed by atoms with E-state index in [0.29, 0.717) is 44.6 Å². The molecule has 3 aromatic carbocycles. The van der Waals surface area contributed by atoms with E-state index < -0.39 is 23.8 Å². The monoisotopic (exact) mass is 587 g/mol. The van der Waals surface area contributed by atoms with Gasteiger partial charge in [-0.05, 0) is 99.2 Å². The van der Waals surface area contributed by atoms with Gasteiger partial charge in [0.1, 0.15) is 11.5 Å². The molecule has 2 unspecified atom stereocenters. The van der Waals surface area contributed by atoms with Gasteiger partial charge in [-0.3, -0.25) is 9.59 Å². The number of carbonyl (C=O) groups excluding carboxylic acids is 1. The normalized spacial score (nSPS) is 16.3. The van der Waals surface area contributed by atoms with Crippen LogP contribution in [0.5, 0.6) is 11.5 Å². The standard InChI is InChI=1S/C35H41NO7/c37-33(36-29-16-9-14-27(23-29)34(38)39)31-24-28(35(40)41)19-20-32(31)43-22-10-15-26-13-7-6-12-25(26)11-3-2-8-21-42-30-17-4-1-5-18-30/h1,4-7,12-13,17-20,24,27,29H,2-3,8-11,14-16,21-23H2,(H,36,37)(H,38,39)(H,40,41). The number of nitrogens with one attached hydrogen (secondary N) is 1. The Morgan fingerprint density at radius 1 is 0.767 bits per heavy atom.